The van der Waals surface area contributed by atoms with Gasteiger partial charge in [0.1, 0.15) is 11.6 Å². The average molecular weight is 251 g/mol. The number of aromatic amines is 1. The zero-order valence-electron chi connectivity index (χ0n) is 9.99. The molecule has 1 heterocycles. The number of hydrogen-bond donors (Lipinski definition) is 1. The molecule has 0 aliphatic heterocycles. The molecule has 2 aromatic rings. The lowest BCUT2D eigenvalue weighted by atomic mass is 10.1. The summed E-state index contributed by atoms with van der Waals surface area (Å²) in [6.07, 6.45) is 0. The third kappa shape index (κ3) is 2.15. The van der Waals surface area contributed by atoms with E-state index in [9.17, 15) is 4.39 Å². The molecule has 5 heteroatoms. The Morgan fingerprint density at radius 3 is 2.71 bits per heavy atom. The van der Waals surface area contributed by atoms with Crippen LogP contribution in [-0.4, -0.2) is 14.8 Å². The molecular weight excluding hydrogens is 237 g/mol. The van der Waals surface area contributed by atoms with Crippen molar-refractivity contribution >= 4 is 12.2 Å². The number of halogens is 1. The molecule has 0 unspecified atom stereocenters. The van der Waals surface area contributed by atoms with E-state index in [0.717, 1.165) is 17.1 Å². The van der Waals surface area contributed by atoms with Crippen molar-refractivity contribution in [1.82, 2.24) is 14.8 Å². The van der Waals surface area contributed by atoms with Gasteiger partial charge in [-0.2, -0.15) is 5.10 Å². The average Bonchev–Trinajstić information content (AvgIpc) is 2.60. The summed E-state index contributed by atoms with van der Waals surface area (Å²) in [4.78, 5) is 0. The highest BCUT2D eigenvalue weighted by atomic mass is 32.1. The van der Waals surface area contributed by atoms with Crippen LogP contribution < -0.4 is 0 Å². The van der Waals surface area contributed by atoms with E-state index >= 15 is 0 Å². The van der Waals surface area contributed by atoms with E-state index in [0.29, 0.717) is 4.77 Å². The maximum absolute atomic E-state index is 13.1. The Bertz CT molecular complexity index is 598. The fraction of sp³-hybridized carbons (Fsp3) is 0.333. The molecule has 0 saturated heterocycles. The van der Waals surface area contributed by atoms with E-state index < -0.39 is 0 Å². The van der Waals surface area contributed by atoms with Gasteiger partial charge in [0.15, 0.2) is 4.77 Å². The van der Waals surface area contributed by atoms with E-state index in [4.69, 9.17) is 12.2 Å². The van der Waals surface area contributed by atoms with Gasteiger partial charge >= 0.3 is 0 Å². The van der Waals surface area contributed by atoms with E-state index in [1.807, 2.05) is 25.3 Å². The molecule has 90 valence electrons. The summed E-state index contributed by atoms with van der Waals surface area (Å²) in [5.74, 6) is 0.851. The van der Waals surface area contributed by atoms with E-state index in [1.54, 1.807) is 6.07 Å². The van der Waals surface area contributed by atoms with Crippen molar-refractivity contribution in [3.8, 4) is 5.69 Å². The lowest BCUT2D eigenvalue weighted by Gasteiger charge is -2.11. The summed E-state index contributed by atoms with van der Waals surface area (Å²) in [5.41, 5.74) is 1.71. The fourth-order valence-corrected chi connectivity index (χ4v) is 2.04. The quantitative estimate of drug-likeness (QED) is 0.829. The van der Waals surface area contributed by atoms with Gasteiger partial charge in [-0.05, 0) is 42.9 Å². The van der Waals surface area contributed by atoms with E-state index in [1.165, 1.54) is 12.1 Å². The van der Waals surface area contributed by atoms with Crippen LogP contribution >= 0.6 is 12.2 Å². The summed E-state index contributed by atoms with van der Waals surface area (Å²) in [6.45, 7) is 5.94. The Labute approximate surface area is 104 Å². The predicted octanol–water partition coefficient (Wildman–Crippen LogP) is 3.50. The van der Waals surface area contributed by atoms with Crippen molar-refractivity contribution in [2.45, 2.75) is 26.7 Å². The van der Waals surface area contributed by atoms with Crippen molar-refractivity contribution in [2.75, 3.05) is 0 Å². The first-order valence-electron chi connectivity index (χ1n) is 5.44. The van der Waals surface area contributed by atoms with Crippen LogP contribution in [0.1, 0.15) is 31.2 Å². The Morgan fingerprint density at radius 1 is 1.41 bits per heavy atom. The first kappa shape index (κ1) is 12.0. The Kier molecular flexibility index (Phi) is 3.11. The SMILES string of the molecule is Cc1cc(F)ccc1-n1c(C(C)C)n[nH]c1=S. The number of H-pyrrole nitrogens is 1. The van der Waals surface area contributed by atoms with Gasteiger partial charge < -0.3 is 0 Å². The first-order chi connectivity index (χ1) is 8.00. The second kappa shape index (κ2) is 4.41. The smallest absolute Gasteiger partial charge is 0.199 e. The monoisotopic (exact) mass is 251 g/mol. The first-order valence-corrected chi connectivity index (χ1v) is 5.85. The van der Waals surface area contributed by atoms with Crippen molar-refractivity contribution in [3.05, 3.63) is 40.2 Å². The van der Waals surface area contributed by atoms with Crippen LogP contribution in [0, 0.1) is 17.5 Å². The van der Waals surface area contributed by atoms with Crippen molar-refractivity contribution in [3.63, 3.8) is 0 Å². The second-order valence-corrected chi connectivity index (χ2v) is 4.69. The molecule has 1 aromatic carbocycles. The summed E-state index contributed by atoms with van der Waals surface area (Å²) in [6, 6.07) is 4.65. The number of nitrogens with zero attached hydrogens (tertiary/aromatic N) is 2. The largest absolute Gasteiger partial charge is 0.272 e. The zero-order valence-corrected chi connectivity index (χ0v) is 10.8. The summed E-state index contributed by atoms with van der Waals surface area (Å²) < 4.78 is 15.5. The minimum atomic E-state index is -0.243. The molecule has 0 bridgehead atoms. The third-order valence-corrected chi connectivity index (χ3v) is 2.89. The van der Waals surface area contributed by atoms with E-state index in [2.05, 4.69) is 10.2 Å². The van der Waals surface area contributed by atoms with Gasteiger partial charge in [-0.15, -0.1) is 0 Å². The van der Waals surface area contributed by atoms with Crippen LogP contribution in [0.25, 0.3) is 5.69 Å². The van der Waals surface area contributed by atoms with Gasteiger partial charge in [-0.1, -0.05) is 13.8 Å². The molecule has 3 nitrogen and oxygen atoms in total. The fourth-order valence-electron chi connectivity index (χ4n) is 1.80. The van der Waals surface area contributed by atoms with Gasteiger partial charge in [0.2, 0.25) is 0 Å². The topological polar surface area (TPSA) is 33.6 Å². The number of hydrogen-bond acceptors (Lipinski definition) is 2. The molecule has 0 radical (unpaired) electrons. The molecule has 0 aliphatic rings. The molecular formula is C12H14FN3S. The molecule has 1 N–H and O–H groups in total. The molecule has 0 saturated carbocycles. The highest BCUT2D eigenvalue weighted by molar-refractivity contribution is 7.71. The van der Waals surface area contributed by atoms with Gasteiger partial charge in [0.05, 0.1) is 5.69 Å². The molecule has 0 fully saturated rings. The maximum Gasteiger partial charge on any atom is 0.199 e. The summed E-state index contributed by atoms with van der Waals surface area (Å²) >= 11 is 5.22. The molecule has 0 atom stereocenters. The van der Waals surface area contributed by atoms with Crippen LogP contribution in [0.5, 0.6) is 0 Å². The van der Waals surface area contributed by atoms with Gasteiger partial charge in [0.25, 0.3) is 0 Å². The van der Waals surface area contributed by atoms with Crippen LogP contribution in [0.4, 0.5) is 4.39 Å². The van der Waals surface area contributed by atoms with Crippen LogP contribution in [0.3, 0.4) is 0 Å². The zero-order chi connectivity index (χ0) is 12.6. The molecule has 1 aromatic heterocycles. The standard InChI is InChI=1S/C12H14FN3S/c1-7(2)11-14-15-12(17)16(11)10-5-4-9(13)6-8(10)3/h4-7H,1-3H3,(H,15,17). The minimum absolute atomic E-state index is 0.243. The number of rotatable bonds is 2. The molecule has 0 aliphatic carbocycles. The van der Waals surface area contributed by atoms with Crippen molar-refractivity contribution in [1.29, 1.82) is 0 Å². The summed E-state index contributed by atoms with van der Waals surface area (Å²) in [7, 11) is 0. The Hall–Kier alpha value is -1.49. The Balaban J connectivity index is 2.68. The normalized spacial score (nSPS) is 11.1. The van der Waals surface area contributed by atoms with Crippen LogP contribution in [0.15, 0.2) is 18.2 Å². The lowest BCUT2D eigenvalue weighted by Crippen LogP contribution is -2.05. The van der Waals surface area contributed by atoms with Gasteiger partial charge in [-0.25, -0.2) is 4.39 Å². The van der Waals surface area contributed by atoms with Crippen LogP contribution in [-0.2, 0) is 0 Å². The number of benzene rings is 1. The maximum atomic E-state index is 13.1. The van der Waals surface area contributed by atoms with Gasteiger partial charge in [0, 0.05) is 5.92 Å². The number of aryl methyl sites for hydroxylation is 1. The second-order valence-electron chi connectivity index (χ2n) is 4.31. The molecule has 2 rings (SSSR count). The Morgan fingerprint density at radius 2 is 2.12 bits per heavy atom. The van der Waals surface area contributed by atoms with Crippen molar-refractivity contribution in [2.24, 2.45) is 0 Å². The third-order valence-electron chi connectivity index (χ3n) is 2.61. The summed E-state index contributed by atoms with van der Waals surface area (Å²) in [5, 5.41) is 6.99. The van der Waals surface area contributed by atoms with E-state index in [-0.39, 0.29) is 11.7 Å². The predicted molar refractivity (Wildman–Crippen MR) is 67.5 cm³/mol. The number of nitrogens with one attached hydrogen (secondary N) is 1. The molecule has 17 heavy (non-hydrogen) atoms. The number of aromatic nitrogens is 3. The lowest BCUT2D eigenvalue weighted by molar-refractivity contribution is 0.625. The van der Waals surface area contributed by atoms with Crippen molar-refractivity contribution < 1.29 is 4.39 Å². The van der Waals surface area contributed by atoms with Crippen LogP contribution in [0.2, 0.25) is 0 Å². The molecule has 0 spiro atoms. The minimum Gasteiger partial charge on any atom is -0.272 e. The van der Waals surface area contributed by atoms with Gasteiger partial charge in [-0.3, -0.25) is 9.67 Å². The highest BCUT2D eigenvalue weighted by Gasteiger charge is 2.13. The molecule has 0 amide bonds. The highest BCUT2D eigenvalue weighted by Crippen LogP contribution is 2.21.